The number of amides is 2. The van der Waals surface area contributed by atoms with Gasteiger partial charge < -0.3 is 19.6 Å². The van der Waals surface area contributed by atoms with Crippen molar-refractivity contribution in [3.63, 3.8) is 0 Å². The number of aliphatic carboxylic acids is 1. The zero-order valence-corrected chi connectivity index (χ0v) is 26.3. The monoisotopic (exact) mass is 703 g/mol. The molecule has 2 unspecified atom stereocenters. The van der Waals surface area contributed by atoms with E-state index in [1.807, 2.05) is 0 Å². The fourth-order valence-electron chi connectivity index (χ4n) is 6.30. The largest absolute Gasteiger partial charge is 0.480 e. The molecule has 0 radical (unpaired) electrons. The van der Waals surface area contributed by atoms with E-state index >= 15 is 0 Å². The van der Waals surface area contributed by atoms with Gasteiger partial charge in [0.2, 0.25) is 5.60 Å². The Morgan fingerprint density at radius 2 is 1.83 bits per heavy atom. The number of alkyl halides is 6. The summed E-state index contributed by atoms with van der Waals surface area (Å²) in [6, 6.07) is 4.45. The molecule has 0 spiro atoms. The Hall–Kier alpha value is -3.85. The van der Waals surface area contributed by atoms with E-state index in [0.29, 0.717) is 39.6 Å². The molecular weight excluding hydrogens is 676 g/mol. The average Bonchev–Trinajstić information content (AvgIpc) is 3.49. The van der Waals surface area contributed by atoms with Crippen LogP contribution in [0.3, 0.4) is 0 Å². The molecule has 4 heterocycles. The van der Waals surface area contributed by atoms with Crippen molar-refractivity contribution in [2.75, 3.05) is 6.54 Å². The van der Waals surface area contributed by atoms with Gasteiger partial charge in [0.15, 0.2) is 0 Å². The third-order valence-corrected chi connectivity index (χ3v) is 9.55. The first-order valence-corrected chi connectivity index (χ1v) is 15.8. The van der Waals surface area contributed by atoms with E-state index in [1.165, 1.54) is 0 Å². The number of fused-ring (bicyclic) bond motifs is 1. The second-order valence-corrected chi connectivity index (χ2v) is 12.7. The van der Waals surface area contributed by atoms with Crippen molar-refractivity contribution in [3.8, 4) is 5.75 Å². The minimum Gasteiger partial charge on any atom is -0.480 e. The fraction of sp³-hybridized carbons (Fsp3) is 0.419. The summed E-state index contributed by atoms with van der Waals surface area (Å²) in [7, 11) is 0. The number of hydrogen-bond acceptors (Lipinski definition) is 6. The molecule has 8 nitrogen and oxygen atoms in total. The lowest BCUT2D eigenvalue weighted by Gasteiger charge is -2.51. The Labute approximate surface area is 273 Å². The molecule has 1 fully saturated rings. The van der Waals surface area contributed by atoms with Gasteiger partial charge in [0.05, 0.1) is 11.6 Å². The molecule has 47 heavy (non-hydrogen) atoms. The molecule has 0 bridgehead atoms. The van der Waals surface area contributed by atoms with Crippen LogP contribution in [0.5, 0.6) is 5.75 Å². The van der Waals surface area contributed by atoms with Crippen molar-refractivity contribution in [2.24, 2.45) is 0 Å². The number of nitrogens with zero attached hydrogens (tertiary/aromatic N) is 3. The molecule has 0 aliphatic carbocycles. The second-order valence-electron chi connectivity index (χ2n) is 11.3. The number of halogens is 7. The number of pyridine rings is 1. The van der Waals surface area contributed by atoms with E-state index in [-0.39, 0.29) is 50.9 Å². The van der Waals surface area contributed by atoms with Crippen LogP contribution in [0, 0.1) is 0 Å². The topological polar surface area (TPSA) is 100 Å². The van der Waals surface area contributed by atoms with Gasteiger partial charge in [-0.3, -0.25) is 14.6 Å². The summed E-state index contributed by atoms with van der Waals surface area (Å²) in [6.45, 7) is 1.36. The van der Waals surface area contributed by atoms with Gasteiger partial charge in [-0.2, -0.15) is 26.3 Å². The summed E-state index contributed by atoms with van der Waals surface area (Å²) < 4.78 is 88.8. The maximum atomic E-state index is 14.8. The van der Waals surface area contributed by atoms with Crippen LogP contribution in [0.2, 0.25) is 5.02 Å². The van der Waals surface area contributed by atoms with Crippen LogP contribution in [-0.2, 0) is 34.9 Å². The van der Waals surface area contributed by atoms with Crippen LogP contribution in [0.25, 0.3) is 0 Å². The molecule has 16 heteroatoms. The third-order valence-electron chi connectivity index (χ3n) is 8.36. The highest BCUT2D eigenvalue weighted by atomic mass is 35.5. The zero-order chi connectivity index (χ0) is 34.3. The number of carbonyl (C=O) groups excluding carboxylic acids is 2. The normalized spacial score (nSPS) is 21.7. The van der Waals surface area contributed by atoms with Crippen LogP contribution in [0.15, 0.2) is 48.0 Å². The maximum Gasteiger partial charge on any atom is 0.425 e. The highest BCUT2D eigenvalue weighted by Crippen LogP contribution is 2.43. The SMILES string of the molecule is CCCC1N(C(=O)c2ncccc2C(F)(F)F)CCC[C@]1(Oc1csc(C(F)(F)F)c1)C(=O)N1Cc2ccc(Cl)cc2CC1C(=O)O. The molecule has 5 rings (SSSR count). The molecule has 3 atom stereocenters. The molecule has 3 aromatic rings. The van der Waals surface area contributed by atoms with E-state index < -0.39 is 64.0 Å². The van der Waals surface area contributed by atoms with Gasteiger partial charge in [0.25, 0.3) is 11.8 Å². The lowest BCUT2D eigenvalue weighted by Crippen LogP contribution is -2.69. The van der Waals surface area contributed by atoms with E-state index in [1.54, 1.807) is 25.1 Å². The van der Waals surface area contributed by atoms with Gasteiger partial charge in [0.1, 0.15) is 22.4 Å². The second kappa shape index (κ2) is 13.0. The van der Waals surface area contributed by atoms with Crippen molar-refractivity contribution in [3.05, 3.63) is 80.3 Å². The lowest BCUT2D eigenvalue weighted by atomic mass is 9.79. The Bertz CT molecular complexity index is 1680. The summed E-state index contributed by atoms with van der Waals surface area (Å²) >= 11 is 6.44. The van der Waals surface area contributed by atoms with Crippen molar-refractivity contribution >= 4 is 40.7 Å². The molecule has 1 N–H and O–H groups in total. The molecule has 2 aliphatic heterocycles. The minimum atomic E-state index is -4.94. The smallest absolute Gasteiger partial charge is 0.425 e. The van der Waals surface area contributed by atoms with E-state index in [0.717, 1.165) is 27.4 Å². The zero-order valence-electron chi connectivity index (χ0n) is 24.7. The van der Waals surface area contributed by atoms with Gasteiger partial charge in [-0.05, 0) is 48.2 Å². The molecule has 2 aliphatic rings. The van der Waals surface area contributed by atoms with Crippen LogP contribution in [0.4, 0.5) is 26.3 Å². The first-order valence-electron chi connectivity index (χ1n) is 14.6. The van der Waals surface area contributed by atoms with E-state index in [2.05, 4.69) is 4.98 Å². The summed E-state index contributed by atoms with van der Waals surface area (Å²) in [5.41, 5.74) is -3.22. The quantitative estimate of drug-likeness (QED) is 0.264. The summed E-state index contributed by atoms with van der Waals surface area (Å²) in [6.07, 6.45) is -8.70. The predicted molar refractivity (Wildman–Crippen MR) is 158 cm³/mol. The van der Waals surface area contributed by atoms with Crippen LogP contribution >= 0.6 is 22.9 Å². The molecular formula is C31H28ClF6N3O5S. The number of aromatic nitrogens is 1. The molecule has 2 aromatic heterocycles. The van der Waals surface area contributed by atoms with Crippen LogP contribution in [0.1, 0.15) is 64.7 Å². The fourth-order valence-corrected chi connectivity index (χ4v) is 7.18. The highest BCUT2D eigenvalue weighted by molar-refractivity contribution is 7.10. The number of benzene rings is 1. The number of likely N-dealkylation sites (tertiary alicyclic amines) is 1. The number of piperidine rings is 1. The number of carboxylic acids is 1. The Morgan fingerprint density at radius 3 is 2.47 bits per heavy atom. The molecule has 2 amide bonds. The maximum absolute atomic E-state index is 14.8. The molecule has 1 saturated heterocycles. The van der Waals surface area contributed by atoms with Gasteiger partial charge in [0, 0.05) is 48.6 Å². The average molecular weight is 704 g/mol. The number of hydrogen-bond donors (Lipinski definition) is 1. The number of carboxylic acid groups (broad SMARTS) is 1. The first kappa shape index (κ1) is 34.5. The lowest BCUT2D eigenvalue weighted by molar-refractivity contribution is -0.168. The summed E-state index contributed by atoms with van der Waals surface area (Å²) in [4.78, 5) is 46.1. The molecule has 0 saturated carbocycles. The van der Waals surface area contributed by atoms with Gasteiger partial charge >= 0.3 is 18.3 Å². The van der Waals surface area contributed by atoms with Crippen LogP contribution < -0.4 is 4.74 Å². The van der Waals surface area contributed by atoms with Gasteiger partial charge in [-0.15, -0.1) is 11.3 Å². The minimum absolute atomic E-state index is 0.0000822. The number of thiophene rings is 1. The van der Waals surface area contributed by atoms with Crippen molar-refractivity contribution < 1.29 is 50.6 Å². The molecule has 1 aromatic carbocycles. The number of ether oxygens (including phenoxy) is 1. The summed E-state index contributed by atoms with van der Waals surface area (Å²) in [5, 5.41) is 11.6. The Balaban J connectivity index is 1.65. The van der Waals surface area contributed by atoms with E-state index in [4.69, 9.17) is 16.3 Å². The number of carbonyl (C=O) groups is 3. The summed E-state index contributed by atoms with van der Waals surface area (Å²) in [5.74, 6) is -3.78. The number of rotatable bonds is 7. The van der Waals surface area contributed by atoms with Crippen molar-refractivity contribution in [1.29, 1.82) is 0 Å². The highest BCUT2D eigenvalue weighted by Gasteiger charge is 2.57. The predicted octanol–water partition coefficient (Wildman–Crippen LogP) is 7.09. The van der Waals surface area contributed by atoms with Gasteiger partial charge in [-0.1, -0.05) is 31.0 Å². The van der Waals surface area contributed by atoms with Gasteiger partial charge in [-0.25, -0.2) is 4.79 Å². The Kier molecular flexibility index (Phi) is 9.52. The third kappa shape index (κ3) is 6.77. The first-order chi connectivity index (χ1) is 22.1. The standard InChI is InChI=1S/C31H28ClF6N3O5S/c1-2-5-23-29(46-20-14-24(47-16-20)31(36,37)38,9-4-11-40(23)26(42)25-21(30(33,34)35)6-3-10-39-25)28(45)41-15-17-7-8-19(32)12-18(17)13-22(41)27(43)44/h3,6-8,10,12,14,16,22-23H,2,4-5,9,11,13,15H2,1H3,(H,43,44)/t22?,23?,29-/m1/s1. The van der Waals surface area contributed by atoms with Crippen LogP contribution in [-0.4, -0.2) is 61.9 Å². The Morgan fingerprint density at radius 1 is 1.09 bits per heavy atom. The molecule has 252 valence electrons. The van der Waals surface area contributed by atoms with Crippen molar-refractivity contribution in [2.45, 2.75) is 75.6 Å². The van der Waals surface area contributed by atoms with E-state index in [9.17, 15) is 45.8 Å². The van der Waals surface area contributed by atoms with Crippen molar-refractivity contribution in [1.82, 2.24) is 14.8 Å².